The van der Waals surface area contributed by atoms with E-state index in [1.54, 1.807) is 12.4 Å². The molecule has 1 aliphatic rings. The van der Waals surface area contributed by atoms with Crippen molar-refractivity contribution in [1.29, 1.82) is 5.26 Å². The van der Waals surface area contributed by atoms with E-state index >= 15 is 0 Å². The van der Waals surface area contributed by atoms with Crippen LogP contribution in [0.3, 0.4) is 0 Å². The summed E-state index contributed by atoms with van der Waals surface area (Å²) < 4.78 is 11.4. The molecule has 0 amide bonds. The van der Waals surface area contributed by atoms with Gasteiger partial charge in [-0.25, -0.2) is 9.97 Å². The van der Waals surface area contributed by atoms with Gasteiger partial charge in [0.25, 0.3) is 0 Å². The Kier molecular flexibility index (Phi) is 5.55. The summed E-state index contributed by atoms with van der Waals surface area (Å²) in [5.41, 5.74) is 3.21. The Morgan fingerprint density at radius 3 is 2.82 bits per heavy atom. The van der Waals surface area contributed by atoms with Gasteiger partial charge in [0.2, 0.25) is 0 Å². The Hall–Kier alpha value is -3.30. The summed E-state index contributed by atoms with van der Waals surface area (Å²) in [5, 5.41) is 9.57. The molecule has 2 aromatic heterocycles. The number of ether oxygens (including phenoxy) is 2. The Bertz CT molecular complexity index is 979. The normalized spacial score (nSPS) is 14.4. The van der Waals surface area contributed by atoms with E-state index in [0.29, 0.717) is 36.8 Å². The number of hydrogen-bond donors (Lipinski definition) is 0. The lowest BCUT2D eigenvalue weighted by atomic mass is 10.1. The number of rotatable bonds is 5. The van der Waals surface area contributed by atoms with Gasteiger partial charge in [0.05, 0.1) is 24.5 Å². The van der Waals surface area contributed by atoms with Crippen LogP contribution in [0.2, 0.25) is 0 Å². The summed E-state index contributed by atoms with van der Waals surface area (Å²) in [5.74, 6) is 1.33. The van der Waals surface area contributed by atoms with Gasteiger partial charge >= 0.3 is 0 Å². The maximum atomic E-state index is 9.57. The van der Waals surface area contributed by atoms with E-state index in [-0.39, 0.29) is 6.10 Å². The monoisotopic (exact) mass is 372 g/mol. The predicted octanol–water partition coefficient (Wildman–Crippen LogP) is 3.56. The van der Waals surface area contributed by atoms with E-state index in [9.17, 15) is 5.26 Å². The summed E-state index contributed by atoms with van der Waals surface area (Å²) in [6, 6.07) is 13.6. The lowest BCUT2D eigenvalue weighted by Crippen LogP contribution is -2.26. The van der Waals surface area contributed by atoms with Crippen LogP contribution < -0.4 is 4.74 Å². The van der Waals surface area contributed by atoms with E-state index in [1.165, 1.54) is 0 Å². The topological polar surface area (TPSA) is 80.9 Å². The van der Waals surface area contributed by atoms with Crippen molar-refractivity contribution >= 4 is 0 Å². The highest BCUT2D eigenvalue weighted by Crippen LogP contribution is 2.27. The first kappa shape index (κ1) is 18.1. The second-order valence-corrected chi connectivity index (χ2v) is 6.65. The first-order valence-electron chi connectivity index (χ1n) is 9.31. The van der Waals surface area contributed by atoms with Gasteiger partial charge in [-0.1, -0.05) is 6.07 Å². The zero-order chi connectivity index (χ0) is 19.2. The molecule has 1 aliphatic heterocycles. The van der Waals surface area contributed by atoms with Gasteiger partial charge in [-0.2, -0.15) is 5.26 Å². The fourth-order valence-corrected chi connectivity index (χ4v) is 3.18. The number of nitrogens with zero attached hydrogens (tertiary/aromatic N) is 4. The molecule has 0 saturated carbocycles. The van der Waals surface area contributed by atoms with Gasteiger partial charge in [0.15, 0.2) is 0 Å². The first-order chi connectivity index (χ1) is 13.8. The molecule has 0 unspecified atom stereocenters. The van der Waals surface area contributed by atoms with Crippen molar-refractivity contribution < 1.29 is 9.47 Å². The zero-order valence-corrected chi connectivity index (χ0v) is 15.4. The molecule has 6 nitrogen and oxygen atoms in total. The quantitative estimate of drug-likeness (QED) is 0.681. The lowest BCUT2D eigenvalue weighted by Gasteiger charge is -2.23. The summed E-state index contributed by atoms with van der Waals surface area (Å²) in [6.45, 7) is 1.40. The zero-order valence-electron chi connectivity index (χ0n) is 15.4. The van der Waals surface area contributed by atoms with E-state index in [0.717, 1.165) is 29.7 Å². The SMILES string of the molecule is N#Cc1cc(-c2ccnc(Cc3cccnc3)n2)ccc1OC1CCOCC1. The second kappa shape index (κ2) is 8.59. The van der Waals surface area contributed by atoms with E-state index < -0.39 is 0 Å². The van der Waals surface area contributed by atoms with Crippen molar-refractivity contribution in [3.05, 3.63) is 71.9 Å². The van der Waals surface area contributed by atoms with Crippen LogP contribution in [0.4, 0.5) is 0 Å². The molecule has 28 heavy (non-hydrogen) atoms. The van der Waals surface area contributed by atoms with E-state index in [4.69, 9.17) is 9.47 Å². The van der Waals surface area contributed by atoms with Crippen LogP contribution in [0, 0.1) is 11.3 Å². The van der Waals surface area contributed by atoms with Crippen molar-refractivity contribution in [1.82, 2.24) is 15.0 Å². The van der Waals surface area contributed by atoms with Gasteiger partial charge < -0.3 is 9.47 Å². The first-order valence-corrected chi connectivity index (χ1v) is 9.31. The fourth-order valence-electron chi connectivity index (χ4n) is 3.18. The summed E-state index contributed by atoms with van der Waals surface area (Å²) >= 11 is 0. The van der Waals surface area contributed by atoms with Crippen LogP contribution in [-0.2, 0) is 11.2 Å². The van der Waals surface area contributed by atoms with Crippen molar-refractivity contribution in [3.63, 3.8) is 0 Å². The van der Waals surface area contributed by atoms with Crippen molar-refractivity contribution in [2.45, 2.75) is 25.4 Å². The van der Waals surface area contributed by atoms with Crippen molar-refractivity contribution in [2.24, 2.45) is 0 Å². The number of pyridine rings is 1. The van der Waals surface area contributed by atoms with Crippen LogP contribution in [0.15, 0.2) is 55.0 Å². The maximum absolute atomic E-state index is 9.57. The van der Waals surface area contributed by atoms with Crippen LogP contribution in [0.1, 0.15) is 29.8 Å². The van der Waals surface area contributed by atoms with Gasteiger partial charge in [0.1, 0.15) is 23.7 Å². The molecule has 3 aromatic rings. The van der Waals surface area contributed by atoms with Crippen LogP contribution >= 0.6 is 0 Å². The third kappa shape index (κ3) is 4.33. The molecule has 6 heteroatoms. The van der Waals surface area contributed by atoms with Crippen LogP contribution in [0.25, 0.3) is 11.3 Å². The molecule has 3 heterocycles. The molecule has 0 radical (unpaired) electrons. The number of hydrogen-bond acceptors (Lipinski definition) is 6. The van der Waals surface area contributed by atoms with Gasteiger partial charge in [-0.3, -0.25) is 4.98 Å². The summed E-state index contributed by atoms with van der Waals surface area (Å²) in [6.07, 6.45) is 7.69. The molecule has 140 valence electrons. The molecule has 0 aliphatic carbocycles. The Morgan fingerprint density at radius 1 is 1.14 bits per heavy atom. The second-order valence-electron chi connectivity index (χ2n) is 6.65. The van der Waals surface area contributed by atoms with E-state index in [2.05, 4.69) is 21.0 Å². The summed E-state index contributed by atoms with van der Waals surface area (Å²) in [7, 11) is 0. The van der Waals surface area contributed by atoms with Gasteiger partial charge in [-0.15, -0.1) is 0 Å². The highest BCUT2D eigenvalue weighted by molar-refractivity contribution is 5.64. The number of aromatic nitrogens is 3. The third-order valence-electron chi connectivity index (χ3n) is 4.65. The molecular formula is C22H20N4O2. The molecule has 0 N–H and O–H groups in total. The minimum atomic E-state index is 0.0943. The Morgan fingerprint density at radius 2 is 2.04 bits per heavy atom. The lowest BCUT2D eigenvalue weighted by molar-refractivity contribution is 0.0254. The predicted molar refractivity (Wildman–Crippen MR) is 104 cm³/mol. The largest absolute Gasteiger partial charge is 0.489 e. The van der Waals surface area contributed by atoms with Crippen molar-refractivity contribution in [2.75, 3.05) is 13.2 Å². The molecule has 0 spiro atoms. The van der Waals surface area contributed by atoms with Crippen LogP contribution in [0.5, 0.6) is 5.75 Å². The van der Waals surface area contributed by atoms with Crippen molar-refractivity contribution in [3.8, 4) is 23.1 Å². The average Bonchev–Trinajstić information content (AvgIpc) is 2.76. The highest BCUT2D eigenvalue weighted by Gasteiger charge is 2.17. The number of benzene rings is 1. The standard InChI is InChI=1S/C22H20N4O2/c23-14-18-13-17(3-4-21(18)28-19-6-10-27-11-7-19)20-5-9-25-22(26-20)12-16-2-1-8-24-15-16/h1-5,8-9,13,15,19H,6-7,10-12H2. The Balaban J connectivity index is 1.55. The van der Waals surface area contributed by atoms with Crippen LogP contribution in [-0.4, -0.2) is 34.3 Å². The number of nitriles is 1. The van der Waals surface area contributed by atoms with Gasteiger partial charge in [0, 0.05) is 43.4 Å². The molecule has 1 fully saturated rings. The molecule has 0 bridgehead atoms. The molecule has 1 saturated heterocycles. The summed E-state index contributed by atoms with van der Waals surface area (Å²) in [4.78, 5) is 13.1. The maximum Gasteiger partial charge on any atom is 0.137 e. The third-order valence-corrected chi connectivity index (χ3v) is 4.65. The molecular weight excluding hydrogens is 352 g/mol. The van der Waals surface area contributed by atoms with E-state index in [1.807, 2.05) is 42.6 Å². The minimum Gasteiger partial charge on any atom is -0.489 e. The highest BCUT2D eigenvalue weighted by atomic mass is 16.5. The molecule has 1 aromatic carbocycles. The van der Waals surface area contributed by atoms with Gasteiger partial charge in [-0.05, 0) is 35.9 Å². The molecule has 4 rings (SSSR count). The fraction of sp³-hybridized carbons (Fsp3) is 0.273. The smallest absolute Gasteiger partial charge is 0.137 e. The Labute approximate surface area is 163 Å². The molecule has 0 atom stereocenters. The minimum absolute atomic E-state index is 0.0943. The average molecular weight is 372 g/mol.